The molecule has 2 aliphatic rings. The summed E-state index contributed by atoms with van der Waals surface area (Å²) in [6, 6.07) is 0.774. The van der Waals surface area contributed by atoms with E-state index >= 15 is 0 Å². The molecule has 2 fully saturated rings. The number of carbonyl (C=O) groups is 1. The van der Waals surface area contributed by atoms with Crippen molar-refractivity contribution in [3.63, 3.8) is 0 Å². The molecule has 2 rings (SSSR count). The van der Waals surface area contributed by atoms with E-state index in [4.69, 9.17) is 4.74 Å². The predicted octanol–water partition coefficient (Wildman–Crippen LogP) is 1.74. The summed E-state index contributed by atoms with van der Waals surface area (Å²) in [5.74, 6) is 2.51. The Morgan fingerprint density at radius 3 is 2.65 bits per heavy atom. The Morgan fingerprint density at radius 1 is 1.45 bits per heavy atom. The van der Waals surface area contributed by atoms with E-state index < -0.39 is 0 Å². The quantitative estimate of drug-likeness (QED) is 0.840. The maximum absolute atomic E-state index is 12.2. The molecule has 1 heterocycles. The molecule has 1 saturated carbocycles. The van der Waals surface area contributed by atoms with Crippen LogP contribution < -0.4 is 5.32 Å². The van der Waals surface area contributed by atoms with Crippen molar-refractivity contribution < 1.29 is 9.53 Å². The Morgan fingerprint density at radius 2 is 2.15 bits per heavy atom. The van der Waals surface area contributed by atoms with Gasteiger partial charge in [0.1, 0.15) is 0 Å². The predicted molar refractivity (Wildman–Crippen MR) is 84.1 cm³/mol. The third-order valence-electron chi connectivity index (χ3n) is 5.54. The van der Waals surface area contributed by atoms with E-state index in [0.29, 0.717) is 12.6 Å². The SMILES string of the molecule is CO[C@]1(C)C[C@@H](NC(=O)CN(C)[C@@H]2CCSC2)C1(C)C. The van der Waals surface area contributed by atoms with Crippen molar-refractivity contribution in [2.24, 2.45) is 5.41 Å². The molecule has 5 heteroatoms. The second kappa shape index (κ2) is 5.85. The van der Waals surface area contributed by atoms with Gasteiger partial charge < -0.3 is 10.1 Å². The molecule has 1 amide bonds. The van der Waals surface area contributed by atoms with Gasteiger partial charge in [0, 0.05) is 30.4 Å². The van der Waals surface area contributed by atoms with Gasteiger partial charge in [-0.15, -0.1) is 0 Å². The van der Waals surface area contributed by atoms with Gasteiger partial charge in [-0.05, 0) is 32.6 Å². The lowest BCUT2D eigenvalue weighted by molar-refractivity contribution is -0.182. The van der Waals surface area contributed by atoms with Crippen LogP contribution in [0.5, 0.6) is 0 Å². The first-order valence-corrected chi connectivity index (χ1v) is 8.58. The van der Waals surface area contributed by atoms with Crippen molar-refractivity contribution in [1.29, 1.82) is 0 Å². The Kier molecular flexibility index (Phi) is 4.72. The zero-order chi connectivity index (χ0) is 15.0. The molecular weight excluding hydrogens is 272 g/mol. The van der Waals surface area contributed by atoms with Gasteiger partial charge in [-0.2, -0.15) is 11.8 Å². The number of rotatable bonds is 5. The monoisotopic (exact) mass is 300 g/mol. The summed E-state index contributed by atoms with van der Waals surface area (Å²) in [6.07, 6.45) is 2.09. The maximum Gasteiger partial charge on any atom is 0.234 e. The van der Waals surface area contributed by atoms with Crippen molar-refractivity contribution in [3.8, 4) is 0 Å². The molecule has 1 aliphatic heterocycles. The average molecular weight is 300 g/mol. The van der Waals surface area contributed by atoms with Gasteiger partial charge in [-0.25, -0.2) is 0 Å². The van der Waals surface area contributed by atoms with Crippen LogP contribution in [-0.2, 0) is 9.53 Å². The highest BCUT2D eigenvalue weighted by atomic mass is 32.2. The minimum atomic E-state index is -0.126. The average Bonchev–Trinajstić information content (AvgIpc) is 2.91. The number of methoxy groups -OCH3 is 1. The zero-order valence-corrected chi connectivity index (χ0v) is 14.2. The summed E-state index contributed by atoms with van der Waals surface area (Å²) < 4.78 is 5.60. The molecule has 0 aromatic carbocycles. The molecular formula is C15H28N2O2S. The molecule has 0 bridgehead atoms. The fourth-order valence-corrected chi connectivity index (χ4v) is 4.49. The summed E-state index contributed by atoms with van der Waals surface area (Å²) in [7, 11) is 3.81. The van der Waals surface area contributed by atoms with Gasteiger partial charge in [0.05, 0.1) is 12.1 Å². The second-order valence-electron chi connectivity index (χ2n) is 6.91. The molecule has 116 valence electrons. The number of hydrogen-bond acceptors (Lipinski definition) is 4. The van der Waals surface area contributed by atoms with E-state index in [1.165, 1.54) is 12.2 Å². The fourth-order valence-electron chi connectivity index (χ4n) is 3.19. The number of likely N-dealkylation sites (N-methyl/N-ethyl adjacent to an activating group) is 1. The van der Waals surface area contributed by atoms with Crippen LogP contribution >= 0.6 is 11.8 Å². The molecule has 3 atom stereocenters. The lowest BCUT2D eigenvalue weighted by Gasteiger charge is -2.59. The van der Waals surface area contributed by atoms with Gasteiger partial charge in [-0.1, -0.05) is 13.8 Å². The topological polar surface area (TPSA) is 41.6 Å². The van der Waals surface area contributed by atoms with Crippen molar-refractivity contribution in [2.75, 3.05) is 32.2 Å². The summed E-state index contributed by atoms with van der Waals surface area (Å²) in [5, 5.41) is 3.18. The van der Waals surface area contributed by atoms with Crippen LogP contribution in [0.1, 0.15) is 33.6 Å². The lowest BCUT2D eigenvalue weighted by Crippen LogP contribution is -2.69. The molecule has 0 aromatic heterocycles. The lowest BCUT2D eigenvalue weighted by atomic mass is 9.56. The molecule has 0 spiro atoms. The summed E-state index contributed by atoms with van der Waals surface area (Å²) in [6.45, 7) is 6.96. The van der Waals surface area contributed by atoms with E-state index in [9.17, 15) is 4.79 Å². The highest BCUT2D eigenvalue weighted by molar-refractivity contribution is 7.99. The third kappa shape index (κ3) is 2.85. The minimum Gasteiger partial charge on any atom is -0.378 e. The molecule has 1 aliphatic carbocycles. The van der Waals surface area contributed by atoms with Crippen LogP contribution in [0.2, 0.25) is 0 Å². The number of hydrogen-bond donors (Lipinski definition) is 1. The first-order valence-electron chi connectivity index (χ1n) is 7.42. The van der Waals surface area contributed by atoms with Gasteiger partial charge >= 0.3 is 0 Å². The van der Waals surface area contributed by atoms with Crippen molar-refractivity contribution >= 4 is 17.7 Å². The van der Waals surface area contributed by atoms with Crippen LogP contribution in [0.3, 0.4) is 0 Å². The highest BCUT2D eigenvalue weighted by Crippen LogP contribution is 2.51. The van der Waals surface area contributed by atoms with E-state index in [-0.39, 0.29) is 23.0 Å². The molecule has 0 unspecified atom stereocenters. The third-order valence-corrected chi connectivity index (χ3v) is 6.68. The Bertz CT molecular complexity index is 369. The largest absolute Gasteiger partial charge is 0.378 e. The summed E-state index contributed by atoms with van der Waals surface area (Å²) in [4.78, 5) is 14.4. The molecule has 0 radical (unpaired) electrons. The minimum absolute atomic E-state index is 0.0147. The number of nitrogens with one attached hydrogen (secondary N) is 1. The molecule has 0 aromatic rings. The molecule has 1 N–H and O–H groups in total. The first kappa shape index (κ1) is 16.1. The fraction of sp³-hybridized carbons (Fsp3) is 0.933. The molecule has 4 nitrogen and oxygen atoms in total. The maximum atomic E-state index is 12.2. The van der Waals surface area contributed by atoms with Crippen LogP contribution in [0.15, 0.2) is 0 Å². The normalized spacial score (nSPS) is 35.9. The first-order chi connectivity index (χ1) is 9.30. The Hall–Kier alpha value is -0.260. The van der Waals surface area contributed by atoms with E-state index in [0.717, 1.165) is 12.2 Å². The Labute approximate surface area is 127 Å². The zero-order valence-electron chi connectivity index (χ0n) is 13.4. The van der Waals surface area contributed by atoms with Gasteiger partial charge in [0.25, 0.3) is 0 Å². The summed E-state index contributed by atoms with van der Waals surface area (Å²) >= 11 is 1.98. The van der Waals surface area contributed by atoms with Crippen molar-refractivity contribution in [3.05, 3.63) is 0 Å². The second-order valence-corrected chi connectivity index (χ2v) is 8.06. The van der Waals surface area contributed by atoms with Gasteiger partial charge in [0.2, 0.25) is 5.91 Å². The van der Waals surface area contributed by atoms with Crippen LogP contribution in [0.25, 0.3) is 0 Å². The van der Waals surface area contributed by atoms with Crippen LogP contribution in [0, 0.1) is 5.41 Å². The number of amides is 1. The standard InChI is InChI=1S/C15H28N2O2S/c1-14(2)12(8-15(14,3)19-5)16-13(18)9-17(4)11-6-7-20-10-11/h11-12H,6-10H2,1-5H3,(H,16,18)/t11-,12-,15-/m1/s1. The number of thioether (sulfide) groups is 1. The van der Waals surface area contributed by atoms with Crippen molar-refractivity contribution in [2.45, 2.75) is 51.3 Å². The van der Waals surface area contributed by atoms with E-state index in [2.05, 4.69) is 38.0 Å². The highest BCUT2D eigenvalue weighted by Gasteiger charge is 2.58. The smallest absolute Gasteiger partial charge is 0.234 e. The van der Waals surface area contributed by atoms with E-state index in [1.54, 1.807) is 7.11 Å². The number of nitrogens with zero attached hydrogens (tertiary/aromatic N) is 1. The van der Waals surface area contributed by atoms with E-state index in [1.807, 2.05) is 11.8 Å². The molecule has 20 heavy (non-hydrogen) atoms. The van der Waals surface area contributed by atoms with Crippen LogP contribution in [0.4, 0.5) is 0 Å². The van der Waals surface area contributed by atoms with Gasteiger partial charge in [-0.3, -0.25) is 9.69 Å². The summed E-state index contributed by atoms with van der Waals surface area (Å²) in [5.41, 5.74) is -0.141. The van der Waals surface area contributed by atoms with Crippen LogP contribution in [-0.4, -0.2) is 60.7 Å². The van der Waals surface area contributed by atoms with Gasteiger partial charge in [0.15, 0.2) is 0 Å². The van der Waals surface area contributed by atoms with Crippen molar-refractivity contribution in [1.82, 2.24) is 10.2 Å². The Balaban J connectivity index is 1.81. The number of carbonyl (C=O) groups excluding carboxylic acids is 1. The number of ether oxygens (including phenoxy) is 1. The molecule has 1 saturated heterocycles.